The molecule has 23 heavy (non-hydrogen) atoms. The van der Waals surface area contributed by atoms with Crippen molar-refractivity contribution < 1.29 is 14.6 Å². The minimum atomic E-state index is -0.958. The van der Waals surface area contributed by atoms with E-state index < -0.39 is 5.97 Å². The number of hydrogen-bond acceptors (Lipinski definition) is 2. The van der Waals surface area contributed by atoms with Crippen LogP contribution in [0, 0.1) is 0 Å². The van der Waals surface area contributed by atoms with Crippen LogP contribution in [0.3, 0.4) is 0 Å². The lowest BCUT2D eigenvalue weighted by Gasteiger charge is -2.23. The lowest BCUT2D eigenvalue weighted by atomic mass is 9.82. The maximum absolute atomic E-state index is 10.5. The molecule has 0 aromatic heterocycles. The summed E-state index contributed by atoms with van der Waals surface area (Å²) >= 11 is 0. The van der Waals surface area contributed by atoms with Gasteiger partial charge < -0.3 is 9.84 Å². The summed E-state index contributed by atoms with van der Waals surface area (Å²) in [5.41, 5.74) is 2.28. The van der Waals surface area contributed by atoms with Crippen molar-refractivity contribution in [1.82, 2.24) is 0 Å². The molecule has 0 saturated carbocycles. The third-order valence-electron chi connectivity index (χ3n) is 4.05. The third-order valence-corrected chi connectivity index (χ3v) is 4.05. The van der Waals surface area contributed by atoms with Crippen LogP contribution >= 0.6 is 0 Å². The van der Waals surface area contributed by atoms with Crippen LogP contribution in [0.5, 0.6) is 11.5 Å². The van der Waals surface area contributed by atoms with Crippen LogP contribution in [0.2, 0.25) is 0 Å². The quantitative estimate of drug-likeness (QED) is 0.740. The summed E-state index contributed by atoms with van der Waals surface area (Å²) in [6, 6.07) is 15.4. The lowest BCUT2D eigenvalue weighted by molar-refractivity contribution is -0.131. The second kappa shape index (κ2) is 7.14. The zero-order valence-corrected chi connectivity index (χ0v) is 13.7. The standard InChI is InChI=1S/C20H22O3/c1-4-20(2,3)16-8-12-18(13-9-16)23-17-10-5-15(6-11-17)7-14-19(21)22/h5-14H,4H2,1-3H3,(H,21,22). The van der Waals surface area contributed by atoms with Crippen LogP contribution in [0.4, 0.5) is 0 Å². The molecule has 0 fully saturated rings. The van der Waals surface area contributed by atoms with Gasteiger partial charge in [-0.3, -0.25) is 0 Å². The van der Waals surface area contributed by atoms with Gasteiger partial charge in [-0.25, -0.2) is 4.79 Å². The Balaban J connectivity index is 2.06. The minimum Gasteiger partial charge on any atom is -0.478 e. The number of carboxylic acid groups (broad SMARTS) is 1. The maximum Gasteiger partial charge on any atom is 0.328 e. The molecule has 120 valence electrons. The van der Waals surface area contributed by atoms with Crippen LogP contribution < -0.4 is 4.74 Å². The van der Waals surface area contributed by atoms with E-state index in [1.54, 1.807) is 6.08 Å². The van der Waals surface area contributed by atoms with Crippen molar-refractivity contribution in [3.63, 3.8) is 0 Å². The van der Waals surface area contributed by atoms with Crippen LogP contribution in [-0.4, -0.2) is 11.1 Å². The molecular formula is C20H22O3. The largest absolute Gasteiger partial charge is 0.478 e. The molecule has 0 aliphatic rings. The van der Waals surface area contributed by atoms with Crippen LogP contribution in [0.15, 0.2) is 54.6 Å². The average molecular weight is 310 g/mol. The fourth-order valence-electron chi connectivity index (χ4n) is 2.13. The van der Waals surface area contributed by atoms with Crippen LogP contribution in [-0.2, 0) is 10.2 Å². The number of carbonyl (C=O) groups is 1. The third kappa shape index (κ3) is 4.71. The van der Waals surface area contributed by atoms with E-state index >= 15 is 0 Å². The second-order valence-electron chi connectivity index (χ2n) is 6.10. The molecule has 0 radical (unpaired) electrons. The Labute approximate surface area is 137 Å². The number of hydrogen-bond donors (Lipinski definition) is 1. The molecule has 0 unspecified atom stereocenters. The topological polar surface area (TPSA) is 46.5 Å². The Morgan fingerprint density at radius 3 is 2.04 bits per heavy atom. The van der Waals surface area contributed by atoms with Gasteiger partial charge in [-0.2, -0.15) is 0 Å². The van der Waals surface area contributed by atoms with E-state index in [2.05, 4.69) is 32.9 Å². The van der Waals surface area contributed by atoms with Crippen molar-refractivity contribution in [2.24, 2.45) is 0 Å². The second-order valence-corrected chi connectivity index (χ2v) is 6.10. The van der Waals surface area contributed by atoms with E-state index in [0.29, 0.717) is 0 Å². The Morgan fingerprint density at radius 2 is 1.57 bits per heavy atom. The van der Waals surface area contributed by atoms with E-state index in [9.17, 15) is 4.79 Å². The lowest BCUT2D eigenvalue weighted by Crippen LogP contribution is -2.14. The van der Waals surface area contributed by atoms with Gasteiger partial charge >= 0.3 is 5.97 Å². The van der Waals surface area contributed by atoms with Gasteiger partial charge in [0.1, 0.15) is 11.5 Å². The summed E-state index contributed by atoms with van der Waals surface area (Å²) in [7, 11) is 0. The van der Waals surface area contributed by atoms with Crippen LogP contribution in [0.25, 0.3) is 6.08 Å². The minimum absolute atomic E-state index is 0.163. The molecule has 2 rings (SSSR count). The van der Waals surface area contributed by atoms with Crippen molar-refractivity contribution in [1.29, 1.82) is 0 Å². The number of rotatable bonds is 6. The molecule has 0 aliphatic heterocycles. The molecule has 0 amide bonds. The fraction of sp³-hybridized carbons (Fsp3) is 0.250. The highest BCUT2D eigenvalue weighted by Gasteiger charge is 2.17. The van der Waals surface area contributed by atoms with E-state index in [1.807, 2.05) is 36.4 Å². The molecular weight excluding hydrogens is 288 g/mol. The summed E-state index contributed by atoms with van der Waals surface area (Å²) in [4.78, 5) is 10.5. The monoisotopic (exact) mass is 310 g/mol. The van der Waals surface area contributed by atoms with Gasteiger partial charge in [0.15, 0.2) is 0 Å². The average Bonchev–Trinajstić information content (AvgIpc) is 2.54. The molecule has 3 nitrogen and oxygen atoms in total. The normalized spacial score (nSPS) is 11.6. The predicted molar refractivity (Wildman–Crippen MR) is 92.9 cm³/mol. The Hall–Kier alpha value is -2.55. The maximum atomic E-state index is 10.5. The van der Waals surface area contributed by atoms with E-state index in [-0.39, 0.29) is 5.41 Å². The fourth-order valence-corrected chi connectivity index (χ4v) is 2.13. The van der Waals surface area contributed by atoms with Crippen molar-refractivity contribution in [2.75, 3.05) is 0 Å². The molecule has 0 heterocycles. The number of ether oxygens (including phenoxy) is 1. The molecule has 1 N–H and O–H groups in total. The number of carboxylic acids is 1. The zero-order chi connectivity index (χ0) is 16.9. The van der Waals surface area contributed by atoms with E-state index in [4.69, 9.17) is 9.84 Å². The molecule has 2 aromatic carbocycles. The smallest absolute Gasteiger partial charge is 0.328 e. The summed E-state index contributed by atoms with van der Waals surface area (Å²) in [6.07, 6.45) is 3.75. The van der Waals surface area contributed by atoms with Crippen molar-refractivity contribution in [3.05, 3.63) is 65.7 Å². The first-order valence-electron chi connectivity index (χ1n) is 7.70. The number of aliphatic carboxylic acids is 1. The van der Waals surface area contributed by atoms with Crippen molar-refractivity contribution >= 4 is 12.0 Å². The molecule has 3 heteroatoms. The van der Waals surface area contributed by atoms with Gasteiger partial charge in [0.2, 0.25) is 0 Å². The first kappa shape index (κ1) is 16.8. The molecule has 0 saturated heterocycles. The molecule has 2 aromatic rings. The first-order chi connectivity index (χ1) is 10.9. The summed E-state index contributed by atoms with van der Waals surface area (Å²) in [6.45, 7) is 6.64. The van der Waals surface area contributed by atoms with Gasteiger partial charge in [-0.15, -0.1) is 0 Å². The Bertz CT molecular complexity index is 680. The predicted octanol–water partition coefficient (Wildman–Crippen LogP) is 5.26. The Kier molecular flexibility index (Phi) is 5.22. The summed E-state index contributed by atoms with van der Waals surface area (Å²) < 4.78 is 5.82. The van der Waals surface area contributed by atoms with Crippen LogP contribution in [0.1, 0.15) is 38.3 Å². The van der Waals surface area contributed by atoms with Gasteiger partial charge in [0, 0.05) is 6.08 Å². The molecule has 0 spiro atoms. The summed E-state index contributed by atoms with van der Waals surface area (Å²) in [5, 5.41) is 8.61. The van der Waals surface area contributed by atoms with E-state index in [1.165, 1.54) is 5.56 Å². The van der Waals surface area contributed by atoms with Crippen molar-refractivity contribution in [3.8, 4) is 11.5 Å². The highest BCUT2D eigenvalue weighted by atomic mass is 16.5. The van der Waals surface area contributed by atoms with Crippen molar-refractivity contribution in [2.45, 2.75) is 32.6 Å². The van der Waals surface area contributed by atoms with E-state index in [0.717, 1.165) is 29.6 Å². The van der Waals surface area contributed by atoms with Gasteiger partial charge in [0.05, 0.1) is 0 Å². The van der Waals surface area contributed by atoms with Gasteiger partial charge in [-0.1, -0.05) is 45.0 Å². The molecule has 0 atom stereocenters. The summed E-state index contributed by atoms with van der Waals surface area (Å²) in [5.74, 6) is 0.551. The Morgan fingerprint density at radius 1 is 1.04 bits per heavy atom. The highest BCUT2D eigenvalue weighted by Crippen LogP contribution is 2.29. The molecule has 0 aliphatic carbocycles. The first-order valence-corrected chi connectivity index (χ1v) is 7.70. The zero-order valence-electron chi connectivity index (χ0n) is 13.7. The van der Waals surface area contributed by atoms with Gasteiger partial charge in [-0.05, 0) is 53.3 Å². The molecule has 0 bridgehead atoms. The number of benzene rings is 2. The SMILES string of the molecule is CCC(C)(C)c1ccc(Oc2ccc(C=CC(=O)O)cc2)cc1. The highest BCUT2D eigenvalue weighted by molar-refractivity contribution is 5.85. The van der Waals surface area contributed by atoms with Gasteiger partial charge in [0.25, 0.3) is 0 Å².